The van der Waals surface area contributed by atoms with Crippen molar-refractivity contribution < 1.29 is 9.84 Å². The van der Waals surface area contributed by atoms with Crippen LogP contribution in [0, 0.1) is 5.41 Å². The summed E-state index contributed by atoms with van der Waals surface area (Å²) in [6, 6.07) is 0. The van der Waals surface area contributed by atoms with Crippen LogP contribution in [0.4, 0.5) is 0 Å². The molecular weight excluding hydrogens is 240 g/mol. The Morgan fingerprint density at radius 2 is 2.00 bits per heavy atom. The number of morpholine rings is 1. The van der Waals surface area contributed by atoms with Gasteiger partial charge < -0.3 is 15.2 Å². The van der Waals surface area contributed by atoms with Gasteiger partial charge in [-0.3, -0.25) is 4.90 Å². The fourth-order valence-corrected chi connectivity index (χ4v) is 3.26. The van der Waals surface area contributed by atoms with Crippen LogP contribution >= 0.6 is 0 Å². The topological polar surface area (TPSA) is 44.7 Å². The molecule has 0 bridgehead atoms. The van der Waals surface area contributed by atoms with Crippen LogP contribution in [0.15, 0.2) is 0 Å². The molecular formula is C15H32N2O2. The minimum absolute atomic E-state index is 0.0512. The Morgan fingerprint density at radius 1 is 1.37 bits per heavy atom. The van der Waals surface area contributed by atoms with Gasteiger partial charge in [0.05, 0.1) is 18.3 Å². The maximum atomic E-state index is 9.39. The van der Waals surface area contributed by atoms with Gasteiger partial charge in [-0.2, -0.15) is 0 Å². The third-order valence-corrected chi connectivity index (χ3v) is 4.37. The van der Waals surface area contributed by atoms with E-state index in [1.54, 1.807) is 0 Å². The minimum atomic E-state index is -0.168. The number of nitrogens with zero attached hydrogens (tertiary/aromatic N) is 1. The molecule has 1 saturated heterocycles. The first kappa shape index (κ1) is 16.9. The van der Waals surface area contributed by atoms with Crippen LogP contribution in [-0.4, -0.2) is 61.5 Å². The van der Waals surface area contributed by atoms with Crippen molar-refractivity contribution in [3.05, 3.63) is 0 Å². The molecule has 4 heteroatoms. The molecule has 1 rings (SSSR count). The molecule has 0 aromatic carbocycles. The summed E-state index contributed by atoms with van der Waals surface area (Å²) in [5, 5.41) is 12.7. The first-order valence-corrected chi connectivity index (χ1v) is 7.56. The van der Waals surface area contributed by atoms with E-state index in [9.17, 15) is 5.11 Å². The van der Waals surface area contributed by atoms with Crippen LogP contribution < -0.4 is 5.32 Å². The molecule has 0 aliphatic carbocycles. The summed E-state index contributed by atoms with van der Waals surface area (Å²) >= 11 is 0. The first-order valence-electron chi connectivity index (χ1n) is 7.56. The highest BCUT2D eigenvalue weighted by Crippen LogP contribution is 2.30. The quantitative estimate of drug-likeness (QED) is 0.737. The van der Waals surface area contributed by atoms with Crippen molar-refractivity contribution in [2.75, 3.05) is 39.8 Å². The molecule has 19 heavy (non-hydrogen) atoms. The van der Waals surface area contributed by atoms with Crippen molar-refractivity contribution in [3.63, 3.8) is 0 Å². The van der Waals surface area contributed by atoms with Crippen molar-refractivity contribution in [1.82, 2.24) is 10.2 Å². The second-order valence-electron chi connectivity index (χ2n) is 6.59. The number of hydrogen-bond donors (Lipinski definition) is 2. The predicted octanol–water partition coefficient (Wildman–Crippen LogP) is 1.48. The lowest BCUT2D eigenvalue weighted by Crippen LogP contribution is -2.56. The zero-order valence-corrected chi connectivity index (χ0v) is 13.3. The van der Waals surface area contributed by atoms with Gasteiger partial charge in [-0.25, -0.2) is 0 Å². The summed E-state index contributed by atoms with van der Waals surface area (Å²) in [4.78, 5) is 2.47. The number of hydrogen-bond acceptors (Lipinski definition) is 4. The number of aliphatic hydroxyl groups excluding tert-OH is 1. The molecule has 114 valence electrons. The summed E-state index contributed by atoms with van der Waals surface area (Å²) in [7, 11) is 2.03. The average Bonchev–Trinajstić information content (AvgIpc) is 2.36. The standard InChI is InChI=1S/C15H32N2O2/c1-6-15(7-2,10-16-5)12-17-8-13(9-18)19-14(3,4)11-17/h13,16,18H,6-12H2,1-5H3. The fourth-order valence-electron chi connectivity index (χ4n) is 3.26. The monoisotopic (exact) mass is 272 g/mol. The van der Waals surface area contributed by atoms with Gasteiger partial charge in [-0.1, -0.05) is 13.8 Å². The summed E-state index contributed by atoms with van der Waals surface area (Å²) in [6.45, 7) is 12.8. The largest absolute Gasteiger partial charge is 0.394 e. The van der Waals surface area contributed by atoms with Gasteiger partial charge in [-0.15, -0.1) is 0 Å². The molecule has 0 amide bonds. The third-order valence-electron chi connectivity index (χ3n) is 4.37. The molecule has 1 aliphatic rings. The second-order valence-corrected chi connectivity index (χ2v) is 6.59. The molecule has 2 N–H and O–H groups in total. The lowest BCUT2D eigenvalue weighted by molar-refractivity contribution is -0.154. The number of ether oxygens (including phenoxy) is 1. The van der Waals surface area contributed by atoms with Crippen molar-refractivity contribution in [2.24, 2.45) is 5.41 Å². The Kier molecular flexibility index (Phi) is 6.24. The highest BCUT2D eigenvalue weighted by Gasteiger charge is 2.36. The van der Waals surface area contributed by atoms with Crippen LogP contribution in [0.1, 0.15) is 40.5 Å². The molecule has 0 radical (unpaired) electrons. The summed E-state index contributed by atoms with van der Waals surface area (Å²) in [6.07, 6.45) is 2.29. The second kappa shape index (κ2) is 7.02. The van der Waals surface area contributed by atoms with E-state index < -0.39 is 0 Å². The van der Waals surface area contributed by atoms with E-state index >= 15 is 0 Å². The smallest absolute Gasteiger partial charge is 0.0940 e. The van der Waals surface area contributed by atoms with Crippen molar-refractivity contribution in [1.29, 1.82) is 0 Å². The Balaban J connectivity index is 2.72. The molecule has 1 unspecified atom stereocenters. The molecule has 0 saturated carbocycles. The maximum absolute atomic E-state index is 9.39. The highest BCUT2D eigenvalue weighted by atomic mass is 16.5. The van der Waals surface area contributed by atoms with Crippen LogP contribution in [0.2, 0.25) is 0 Å². The Bertz CT molecular complexity index is 265. The third kappa shape index (κ3) is 4.71. The van der Waals surface area contributed by atoms with E-state index in [-0.39, 0.29) is 18.3 Å². The minimum Gasteiger partial charge on any atom is -0.394 e. The van der Waals surface area contributed by atoms with Crippen molar-refractivity contribution in [3.8, 4) is 0 Å². The maximum Gasteiger partial charge on any atom is 0.0940 e. The molecule has 4 nitrogen and oxygen atoms in total. The van der Waals surface area contributed by atoms with Gasteiger partial charge in [0.15, 0.2) is 0 Å². The Morgan fingerprint density at radius 3 is 2.47 bits per heavy atom. The molecule has 0 aromatic heterocycles. The molecule has 0 spiro atoms. The molecule has 1 heterocycles. The molecule has 1 aliphatic heterocycles. The first-order chi connectivity index (χ1) is 8.90. The average molecular weight is 272 g/mol. The lowest BCUT2D eigenvalue weighted by Gasteiger charge is -2.46. The van der Waals surface area contributed by atoms with Gasteiger partial charge in [0.25, 0.3) is 0 Å². The zero-order valence-electron chi connectivity index (χ0n) is 13.3. The normalized spacial score (nSPS) is 24.6. The van der Waals surface area contributed by atoms with Gasteiger partial charge in [0, 0.05) is 26.2 Å². The van der Waals surface area contributed by atoms with E-state index in [2.05, 4.69) is 37.9 Å². The van der Waals surface area contributed by atoms with E-state index in [0.717, 1.165) is 26.2 Å². The zero-order chi connectivity index (χ0) is 14.5. The van der Waals surface area contributed by atoms with E-state index in [0.29, 0.717) is 5.41 Å². The number of rotatable bonds is 7. The van der Waals surface area contributed by atoms with Crippen molar-refractivity contribution >= 4 is 0 Å². The fraction of sp³-hybridized carbons (Fsp3) is 1.00. The van der Waals surface area contributed by atoms with Gasteiger partial charge in [0.2, 0.25) is 0 Å². The van der Waals surface area contributed by atoms with Crippen LogP contribution in [0.5, 0.6) is 0 Å². The van der Waals surface area contributed by atoms with E-state index in [1.807, 2.05) is 7.05 Å². The van der Waals surface area contributed by atoms with Gasteiger partial charge in [-0.05, 0) is 39.2 Å². The number of aliphatic hydroxyl groups is 1. The SMILES string of the molecule is CCC(CC)(CNC)CN1CC(CO)OC(C)(C)C1. The van der Waals surface area contributed by atoms with Crippen molar-refractivity contribution in [2.45, 2.75) is 52.2 Å². The van der Waals surface area contributed by atoms with Gasteiger partial charge in [0.1, 0.15) is 0 Å². The summed E-state index contributed by atoms with van der Waals surface area (Å²) in [5.74, 6) is 0. The van der Waals surface area contributed by atoms with Crippen LogP contribution in [0.3, 0.4) is 0 Å². The number of nitrogens with one attached hydrogen (secondary N) is 1. The highest BCUT2D eigenvalue weighted by molar-refractivity contribution is 4.89. The van der Waals surface area contributed by atoms with E-state index in [1.165, 1.54) is 12.8 Å². The molecule has 1 fully saturated rings. The molecule has 1 atom stereocenters. The predicted molar refractivity (Wildman–Crippen MR) is 79.4 cm³/mol. The molecule has 0 aromatic rings. The van der Waals surface area contributed by atoms with Gasteiger partial charge >= 0.3 is 0 Å². The Hall–Kier alpha value is -0.160. The summed E-state index contributed by atoms with van der Waals surface area (Å²) < 4.78 is 5.89. The Labute approximate surface area is 118 Å². The summed E-state index contributed by atoms with van der Waals surface area (Å²) in [5.41, 5.74) is 0.153. The van der Waals surface area contributed by atoms with E-state index in [4.69, 9.17) is 4.74 Å². The lowest BCUT2D eigenvalue weighted by atomic mass is 9.81. The van der Waals surface area contributed by atoms with Crippen LogP contribution in [-0.2, 0) is 4.74 Å². The van der Waals surface area contributed by atoms with Crippen LogP contribution in [0.25, 0.3) is 0 Å².